The molecule has 5 heteroatoms. The topological polar surface area (TPSA) is 50.4 Å². The maximum Gasteiger partial charge on any atom is 0.241 e. The van der Waals surface area contributed by atoms with E-state index in [0.29, 0.717) is 5.02 Å². The number of anilines is 1. The Balaban J connectivity index is 2.02. The van der Waals surface area contributed by atoms with Crippen LogP contribution in [0.25, 0.3) is 0 Å². The molecule has 0 heterocycles. The molecule has 1 amide bonds. The molecule has 0 aliphatic rings. The fourth-order valence-electron chi connectivity index (χ4n) is 2.52. The van der Waals surface area contributed by atoms with E-state index < -0.39 is 0 Å². The van der Waals surface area contributed by atoms with E-state index in [1.807, 2.05) is 32.9 Å². The quantitative estimate of drug-likeness (QED) is 0.818. The first-order chi connectivity index (χ1) is 11.4. The van der Waals surface area contributed by atoms with Gasteiger partial charge in [-0.05, 0) is 51.1 Å². The molecule has 0 saturated carbocycles. The molecule has 0 aliphatic carbocycles. The van der Waals surface area contributed by atoms with E-state index in [-0.39, 0.29) is 18.0 Å². The third kappa shape index (κ3) is 4.73. The molecule has 0 spiro atoms. The minimum atomic E-state index is -0.360. The van der Waals surface area contributed by atoms with Crippen LogP contribution in [0.5, 0.6) is 5.75 Å². The fraction of sp³-hybridized carbons (Fsp3) is 0.316. The standard InChI is InChI=1S/C19H23ClN2O2/c1-12-5-10-18(24-4)17(11-12)13(2)21-14(3)19(23)22-16-8-6-15(20)7-9-16/h5-11,13-14,21H,1-4H3,(H,22,23). The number of ether oxygens (including phenoxy) is 1. The van der Waals surface area contributed by atoms with Crippen LogP contribution >= 0.6 is 11.6 Å². The number of aryl methyl sites for hydroxylation is 1. The molecule has 2 atom stereocenters. The smallest absolute Gasteiger partial charge is 0.241 e. The van der Waals surface area contributed by atoms with Gasteiger partial charge in [-0.25, -0.2) is 0 Å². The number of hydrogen-bond donors (Lipinski definition) is 2. The van der Waals surface area contributed by atoms with Crippen LogP contribution in [-0.2, 0) is 4.79 Å². The predicted octanol–water partition coefficient (Wildman–Crippen LogP) is 4.33. The lowest BCUT2D eigenvalue weighted by atomic mass is 10.0. The van der Waals surface area contributed by atoms with E-state index in [2.05, 4.69) is 16.7 Å². The molecule has 2 aromatic carbocycles. The molecular weight excluding hydrogens is 324 g/mol. The summed E-state index contributed by atoms with van der Waals surface area (Å²) < 4.78 is 5.42. The molecule has 0 radical (unpaired) electrons. The van der Waals surface area contributed by atoms with Gasteiger partial charge in [0, 0.05) is 22.3 Å². The average Bonchev–Trinajstić information content (AvgIpc) is 2.56. The van der Waals surface area contributed by atoms with Gasteiger partial charge in [0.15, 0.2) is 0 Å². The van der Waals surface area contributed by atoms with Crippen LogP contribution in [-0.4, -0.2) is 19.1 Å². The van der Waals surface area contributed by atoms with E-state index >= 15 is 0 Å². The minimum Gasteiger partial charge on any atom is -0.496 e. The van der Waals surface area contributed by atoms with Crippen molar-refractivity contribution in [3.8, 4) is 5.75 Å². The summed E-state index contributed by atoms with van der Waals surface area (Å²) >= 11 is 5.85. The number of hydrogen-bond acceptors (Lipinski definition) is 3. The summed E-state index contributed by atoms with van der Waals surface area (Å²) in [5.74, 6) is 0.710. The molecule has 4 nitrogen and oxygen atoms in total. The molecule has 0 aliphatic heterocycles. The zero-order valence-electron chi connectivity index (χ0n) is 14.4. The zero-order chi connectivity index (χ0) is 17.7. The van der Waals surface area contributed by atoms with Crippen molar-refractivity contribution in [3.05, 3.63) is 58.6 Å². The highest BCUT2D eigenvalue weighted by molar-refractivity contribution is 6.30. The van der Waals surface area contributed by atoms with Crippen molar-refractivity contribution >= 4 is 23.2 Å². The Morgan fingerprint density at radius 3 is 2.42 bits per heavy atom. The second-order valence-electron chi connectivity index (χ2n) is 5.85. The van der Waals surface area contributed by atoms with Crippen LogP contribution in [0.1, 0.15) is 31.0 Å². The van der Waals surface area contributed by atoms with E-state index in [4.69, 9.17) is 16.3 Å². The summed E-state index contributed by atoms with van der Waals surface area (Å²) in [5, 5.41) is 6.82. The number of amides is 1. The summed E-state index contributed by atoms with van der Waals surface area (Å²) in [4.78, 5) is 12.3. The molecule has 0 aromatic heterocycles. The van der Waals surface area contributed by atoms with Crippen molar-refractivity contribution in [3.63, 3.8) is 0 Å². The van der Waals surface area contributed by atoms with Gasteiger partial charge >= 0.3 is 0 Å². The van der Waals surface area contributed by atoms with Crippen molar-refractivity contribution in [2.45, 2.75) is 32.9 Å². The van der Waals surface area contributed by atoms with E-state index in [1.165, 1.54) is 0 Å². The molecule has 0 saturated heterocycles. The molecule has 24 heavy (non-hydrogen) atoms. The van der Waals surface area contributed by atoms with Gasteiger partial charge < -0.3 is 10.1 Å². The molecule has 0 bridgehead atoms. The van der Waals surface area contributed by atoms with Crippen LogP contribution in [0.15, 0.2) is 42.5 Å². The highest BCUT2D eigenvalue weighted by Crippen LogP contribution is 2.26. The molecular formula is C19H23ClN2O2. The monoisotopic (exact) mass is 346 g/mol. The summed E-state index contributed by atoms with van der Waals surface area (Å²) in [7, 11) is 1.65. The van der Waals surface area contributed by atoms with E-state index in [1.54, 1.807) is 31.4 Å². The Morgan fingerprint density at radius 2 is 1.79 bits per heavy atom. The summed E-state index contributed by atoms with van der Waals surface area (Å²) in [5.41, 5.74) is 2.90. The summed E-state index contributed by atoms with van der Waals surface area (Å²) in [6, 6.07) is 12.7. The third-order valence-corrected chi connectivity index (χ3v) is 4.11. The number of halogens is 1. The van der Waals surface area contributed by atoms with Gasteiger partial charge in [0.25, 0.3) is 0 Å². The normalized spacial score (nSPS) is 13.2. The zero-order valence-corrected chi connectivity index (χ0v) is 15.1. The lowest BCUT2D eigenvalue weighted by molar-refractivity contribution is -0.117. The molecule has 2 aromatic rings. The van der Waals surface area contributed by atoms with E-state index in [9.17, 15) is 4.79 Å². The van der Waals surface area contributed by atoms with Crippen molar-refractivity contribution in [2.24, 2.45) is 0 Å². The van der Waals surface area contributed by atoms with Crippen LogP contribution in [0.2, 0.25) is 5.02 Å². The molecule has 0 fully saturated rings. The van der Waals surface area contributed by atoms with Gasteiger partial charge in [0.1, 0.15) is 5.75 Å². The number of benzene rings is 2. The largest absolute Gasteiger partial charge is 0.496 e. The van der Waals surface area contributed by atoms with Gasteiger partial charge in [-0.1, -0.05) is 29.3 Å². The van der Waals surface area contributed by atoms with Crippen LogP contribution in [0.3, 0.4) is 0 Å². The maximum atomic E-state index is 12.3. The molecule has 2 unspecified atom stereocenters. The Bertz CT molecular complexity index is 701. The van der Waals surface area contributed by atoms with Crippen LogP contribution in [0, 0.1) is 6.92 Å². The Labute approximate surface area is 148 Å². The van der Waals surface area contributed by atoms with Gasteiger partial charge in [-0.2, -0.15) is 0 Å². The number of nitrogens with one attached hydrogen (secondary N) is 2. The second-order valence-corrected chi connectivity index (χ2v) is 6.29. The van der Waals surface area contributed by atoms with Gasteiger partial charge in [0.2, 0.25) is 5.91 Å². The van der Waals surface area contributed by atoms with Crippen molar-refractivity contribution in [1.82, 2.24) is 5.32 Å². The van der Waals surface area contributed by atoms with Gasteiger partial charge in [0.05, 0.1) is 13.2 Å². The van der Waals surface area contributed by atoms with Crippen LogP contribution in [0.4, 0.5) is 5.69 Å². The first-order valence-electron chi connectivity index (χ1n) is 7.87. The Morgan fingerprint density at radius 1 is 1.12 bits per heavy atom. The average molecular weight is 347 g/mol. The highest BCUT2D eigenvalue weighted by Gasteiger charge is 2.18. The summed E-state index contributed by atoms with van der Waals surface area (Å²) in [6.45, 7) is 5.89. The third-order valence-electron chi connectivity index (χ3n) is 3.86. The molecule has 128 valence electrons. The lowest BCUT2D eigenvalue weighted by Crippen LogP contribution is -2.39. The molecule has 2 rings (SSSR count). The van der Waals surface area contributed by atoms with Crippen molar-refractivity contribution in [2.75, 3.05) is 12.4 Å². The predicted molar refractivity (Wildman–Crippen MR) is 98.8 cm³/mol. The van der Waals surface area contributed by atoms with Crippen LogP contribution < -0.4 is 15.4 Å². The van der Waals surface area contributed by atoms with E-state index in [0.717, 1.165) is 22.6 Å². The number of methoxy groups -OCH3 is 1. The lowest BCUT2D eigenvalue weighted by Gasteiger charge is -2.22. The van der Waals surface area contributed by atoms with Gasteiger partial charge in [-0.15, -0.1) is 0 Å². The SMILES string of the molecule is COc1ccc(C)cc1C(C)NC(C)C(=O)Nc1ccc(Cl)cc1. The second kappa shape index (κ2) is 8.18. The first kappa shape index (κ1) is 18.3. The highest BCUT2D eigenvalue weighted by atomic mass is 35.5. The fourth-order valence-corrected chi connectivity index (χ4v) is 2.64. The molecule has 2 N–H and O–H groups in total. The Kier molecular flexibility index (Phi) is 6.23. The number of rotatable bonds is 6. The van der Waals surface area contributed by atoms with Crippen molar-refractivity contribution in [1.29, 1.82) is 0 Å². The van der Waals surface area contributed by atoms with Gasteiger partial charge in [-0.3, -0.25) is 10.1 Å². The first-order valence-corrected chi connectivity index (χ1v) is 8.25. The summed E-state index contributed by atoms with van der Waals surface area (Å²) in [6.07, 6.45) is 0. The maximum absolute atomic E-state index is 12.3. The Hall–Kier alpha value is -2.04. The minimum absolute atomic E-state index is 0.0224. The van der Waals surface area contributed by atoms with Crippen molar-refractivity contribution < 1.29 is 9.53 Å². The number of carbonyl (C=O) groups excluding carboxylic acids is 1. The number of carbonyl (C=O) groups is 1.